The number of methoxy groups -OCH3 is 1. The largest absolute Gasteiger partial charge is 0.494 e. The van der Waals surface area contributed by atoms with E-state index in [4.69, 9.17) is 9.47 Å². The van der Waals surface area contributed by atoms with E-state index >= 15 is 0 Å². The highest BCUT2D eigenvalue weighted by Crippen LogP contribution is 2.15. The molecule has 0 radical (unpaired) electrons. The first-order chi connectivity index (χ1) is 10.6. The van der Waals surface area contributed by atoms with Crippen LogP contribution in [0.3, 0.4) is 0 Å². The number of carbonyl (C=O) groups excluding carboxylic acids is 2. The molecular formula is C15H22N2O4S. The second-order valence-electron chi connectivity index (χ2n) is 4.41. The Hall–Kier alpha value is -1.89. The number of hydrogen-bond donors (Lipinski definition) is 2. The zero-order chi connectivity index (χ0) is 16.4. The Labute approximate surface area is 134 Å². The predicted molar refractivity (Wildman–Crippen MR) is 88.6 cm³/mol. The molecule has 1 aromatic carbocycles. The second-order valence-corrected chi connectivity index (χ2v) is 5.40. The Morgan fingerprint density at radius 3 is 2.50 bits per heavy atom. The summed E-state index contributed by atoms with van der Waals surface area (Å²) in [6.45, 7) is 2.49. The number of urea groups is 1. The molecule has 0 saturated carbocycles. The van der Waals surface area contributed by atoms with Crippen LogP contribution in [0.5, 0.6) is 5.75 Å². The molecule has 0 spiro atoms. The average Bonchev–Trinajstić information content (AvgIpc) is 2.52. The zero-order valence-electron chi connectivity index (χ0n) is 13.0. The molecule has 6 nitrogen and oxygen atoms in total. The maximum absolute atomic E-state index is 11.9. The molecule has 0 fully saturated rings. The van der Waals surface area contributed by atoms with Crippen molar-refractivity contribution in [3.05, 3.63) is 24.3 Å². The highest BCUT2D eigenvalue weighted by Gasteiger charge is 2.20. The van der Waals surface area contributed by atoms with Crippen LogP contribution in [0.25, 0.3) is 0 Å². The van der Waals surface area contributed by atoms with Gasteiger partial charge in [0.2, 0.25) is 0 Å². The number of benzene rings is 1. The minimum atomic E-state index is -0.653. The Morgan fingerprint density at radius 2 is 1.95 bits per heavy atom. The van der Waals surface area contributed by atoms with Crippen LogP contribution in [0.4, 0.5) is 10.5 Å². The zero-order valence-corrected chi connectivity index (χ0v) is 13.9. The lowest BCUT2D eigenvalue weighted by Crippen LogP contribution is -2.44. The van der Waals surface area contributed by atoms with Crippen LogP contribution in [0, 0.1) is 0 Å². The molecule has 0 aliphatic heterocycles. The van der Waals surface area contributed by atoms with Gasteiger partial charge in [0.05, 0.1) is 13.7 Å². The summed E-state index contributed by atoms with van der Waals surface area (Å²) in [6, 6.07) is 5.91. The van der Waals surface area contributed by atoms with Gasteiger partial charge in [0.25, 0.3) is 0 Å². The van der Waals surface area contributed by atoms with E-state index in [9.17, 15) is 9.59 Å². The summed E-state index contributed by atoms with van der Waals surface area (Å²) >= 11 is 1.60. The molecule has 0 saturated heterocycles. The number of ether oxygens (including phenoxy) is 2. The van der Waals surface area contributed by atoms with Gasteiger partial charge in [-0.3, -0.25) is 0 Å². The monoisotopic (exact) mass is 326 g/mol. The number of nitrogens with one attached hydrogen (secondary N) is 2. The fraction of sp³-hybridized carbons (Fsp3) is 0.467. The van der Waals surface area contributed by atoms with Gasteiger partial charge in [-0.25, -0.2) is 9.59 Å². The first kappa shape index (κ1) is 18.2. The number of thioether (sulfide) groups is 1. The van der Waals surface area contributed by atoms with Gasteiger partial charge in [-0.15, -0.1) is 0 Å². The van der Waals surface area contributed by atoms with Crippen LogP contribution in [0.2, 0.25) is 0 Å². The van der Waals surface area contributed by atoms with Crippen molar-refractivity contribution in [3.63, 3.8) is 0 Å². The summed E-state index contributed by atoms with van der Waals surface area (Å²) in [7, 11) is 1.31. The Bertz CT molecular complexity index is 479. The molecule has 2 N–H and O–H groups in total. The lowest BCUT2D eigenvalue weighted by molar-refractivity contribution is -0.142. The topological polar surface area (TPSA) is 76.7 Å². The maximum atomic E-state index is 11.9. The number of carbonyl (C=O) groups is 2. The molecule has 7 heteroatoms. The summed E-state index contributed by atoms with van der Waals surface area (Å²) in [5, 5.41) is 5.30. The van der Waals surface area contributed by atoms with Gasteiger partial charge in [-0.1, -0.05) is 0 Å². The van der Waals surface area contributed by atoms with Crippen LogP contribution < -0.4 is 15.4 Å². The summed E-state index contributed by atoms with van der Waals surface area (Å²) in [5.74, 6) is 1.04. The van der Waals surface area contributed by atoms with E-state index in [-0.39, 0.29) is 0 Å². The molecule has 0 aliphatic carbocycles. The molecule has 1 aromatic rings. The van der Waals surface area contributed by atoms with E-state index in [0.29, 0.717) is 18.7 Å². The Morgan fingerprint density at radius 1 is 1.27 bits per heavy atom. The number of amides is 2. The van der Waals surface area contributed by atoms with E-state index < -0.39 is 18.0 Å². The van der Waals surface area contributed by atoms with E-state index in [1.807, 2.05) is 13.2 Å². The molecule has 0 heterocycles. The van der Waals surface area contributed by atoms with Crippen molar-refractivity contribution < 1.29 is 19.1 Å². The fourth-order valence-corrected chi connectivity index (χ4v) is 2.22. The quantitative estimate of drug-likeness (QED) is 0.718. The van der Waals surface area contributed by atoms with Gasteiger partial charge < -0.3 is 20.1 Å². The van der Waals surface area contributed by atoms with Crippen molar-refractivity contribution in [2.45, 2.75) is 19.4 Å². The van der Waals surface area contributed by atoms with Crippen molar-refractivity contribution in [2.24, 2.45) is 0 Å². The maximum Gasteiger partial charge on any atom is 0.328 e. The Kier molecular flexibility index (Phi) is 8.21. The van der Waals surface area contributed by atoms with Gasteiger partial charge >= 0.3 is 12.0 Å². The van der Waals surface area contributed by atoms with Crippen LogP contribution in [-0.2, 0) is 9.53 Å². The van der Waals surface area contributed by atoms with E-state index in [1.54, 1.807) is 36.0 Å². The van der Waals surface area contributed by atoms with Gasteiger partial charge in [0.15, 0.2) is 0 Å². The highest BCUT2D eigenvalue weighted by atomic mass is 32.2. The predicted octanol–water partition coefficient (Wildman–Crippen LogP) is 2.50. The highest BCUT2D eigenvalue weighted by molar-refractivity contribution is 7.98. The molecule has 0 unspecified atom stereocenters. The van der Waals surface area contributed by atoms with Crippen LogP contribution in [0.1, 0.15) is 13.3 Å². The molecule has 122 valence electrons. The van der Waals surface area contributed by atoms with Crippen molar-refractivity contribution >= 4 is 29.4 Å². The Balaban J connectivity index is 2.56. The second kappa shape index (κ2) is 9.94. The van der Waals surface area contributed by atoms with Crippen LogP contribution >= 0.6 is 11.8 Å². The smallest absolute Gasteiger partial charge is 0.328 e. The molecule has 1 atom stereocenters. The third-order valence-corrected chi connectivity index (χ3v) is 3.47. The molecule has 2 amide bonds. The van der Waals surface area contributed by atoms with Gasteiger partial charge in [-0.2, -0.15) is 11.8 Å². The molecule has 0 aromatic heterocycles. The summed E-state index contributed by atoms with van der Waals surface area (Å²) in [4.78, 5) is 23.6. The number of anilines is 1. The number of esters is 1. The van der Waals surface area contributed by atoms with Crippen molar-refractivity contribution in [1.82, 2.24) is 5.32 Å². The first-order valence-corrected chi connectivity index (χ1v) is 8.37. The minimum absolute atomic E-state index is 0.444. The molecule has 0 aliphatic rings. The molecule has 22 heavy (non-hydrogen) atoms. The van der Waals surface area contributed by atoms with Crippen molar-refractivity contribution in [2.75, 3.05) is 31.0 Å². The normalized spacial score (nSPS) is 11.4. The van der Waals surface area contributed by atoms with Gasteiger partial charge in [0.1, 0.15) is 11.8 Å². The van der Waals surface area contributed by atoms with Crippen LogP contribution in [0.15, 0.2) is 24.3 Å². The molecular weight excluding hydrogens is 304 g/mol. The van der Waals surface area contributed by atoms with Gasteiger partial charge in [-0.05, 0) is 49.6 Å². The average molecular weight is 326 g/mol. The SMILES string of the molecule is CCOc1ccc(NC(=O)N[C@H](CCSC)C(=O)OC)cc1. The standard InChI is InChI=1S/C15H22N2O4S/c1-4-21-12-7-5-11(6-8-12)16-15(19)17-13(9-10-22-3)14(18)20-2/h5-8,13H,4,9-10H2,1-3H3,(H2,16,17,19)/t13-/m1/s1. The lowest BCUT2D eigenvalue weighted by atomic mass is 10.2. The summed E-state index contributed by atoms with van der Waals surface area (Å²) in [5.41, 5.74) is 0.620. The van der Waals surface area contributed by atoms with Crippen molar-refractivity contribution in [1.29, 1.82) is 0 Å². The summed E-state index contributed by atoms with van der Waals surface area (Å²) < 4.78 is 10.0. The minimum Gasteiger partial charge on any atom is -0.494 e. The number of rotatable bonds is 8. The van der Waals surface area contributed by atoms with E-state index in [0.717, 1.165) is 11.5 Å². The fourth-order valence-electron chi connectivity index (χ4n) is 1.75. The molecule has 1 rings (SSSR count). The number of hydrogen-bond acceptors (Lipinski definition) is 5. The third-order valence-electron chi connectivity index (χ3n) is 2.82. The van der Waals surface area contributed by atoms with Crippen molar-refractivity contribution in [3.8, 4) is 5.75 Å². The first-order valence-electron chi connectivity index (χ1n) is 6.97. The van der Waals surface area contributed by atoms with Crippen LogP contribution in [-0.4, -0.2) is 43.8 Å². The van der Waals surface area contributed by atoms with E-state index in [1.165, 1.54) is 7.11 Å². The van der Waals surface area contributed by atoms with E-state index in [2.05, 4.69) is 10.6 Å². The van der Waals surface area contributed by atoms with Gasteiger partial charge in [0, 0.05) is 5.69 Å². The summed E-state index contributed by atoms with van der Waals surface area (Å²) in [6.07, 6.45) is 2.46. The lowest BCUT2D eigenvalue weighted by Gasteiger charge is -2.16. The third kappa shape index (κ3) is 6.26. The molecule has 0 bridgehead atoms.